The molecule has 1 heterocycles. The van der Waals surface area contributed by atoms with Crippen molar-refractivity contribution < 1.29 is 17.6 Å². The van der Waals surface area contributed by atoms with E-state index in [1.807, 2.05) is 6.92 Å². The number of hydrogen-bond donors (Lipinski definition) is 2. The van der Waals surface area contributed by atoms with Gasteiger partial charge < -0.3 is 10.2 Å². The fourth-order valence-corrected chi connectivity index (χ4v) is 3.31. The molecule has 0 aliphatic carbocycles. The Morgan fingerprint density at radius 3 is 2.39 bits per heavy atom. The van der Waals surface area contributed by atoms with Crippen LogP contribution in [0.5, 0.6) is 0 Å². The highest BCUT2D eigenvalue weighted by molar-refractivity contribution is 7.92. The van der Waals surface area contributed by atoms with Crippen LogP contribution in [0.3, 0.4) is 0 Å². The number of benzene rings is 2. The quantitative estimate of drug-likeness (QED) is 0.767. The molecule has 0 radical (unpaired) electrons. The van der Waals surface area contributed by atoms with E-state index in [1.54, 1.807) is 36.4 Å². The Morgan fingerprint density at radius 1 is 1.09 bits per heavy atom. The van der Waals surface area contributed by atoms with E-state index in [0.717, 1.165) is 5.56 Å². The molecular formula is C16H14N2O4S. The first kappa shape index (κ1) is 15.1. The molecule has 0 saturated carbocycles. The zero-order valence-corrected chi connectivity index (χ0v) is 13.1. The lowest BCUT2D eigenvalue weighted by atomic mass is 10.2. The number of amides is 1. The van der Waals surface area contributed by atoms with Crippen LogP contribution in [-0.2, 0) is 10.0 Å². The highest BCUT2D eigenvalue weighted by atomic mass is 32.2. The van der Waals surface area contributed by atoms with Gasteiger partial charge in [0.2, 0.25) is 5.76 Å². The maximum atomic E-state index is 12.5. The predicted molar refractivity (Wildman–Crippen MR) is 86.7 cm³/mol. The third-order valence-electron chi connectivity index (χ3n) is 3.39. The first-order chi connectivity index (χ1) is 10.9. The van der Waals surface area contributed by atoms with E-state index in [0.29, 0.717) is 11.0 Å². The number of nitrogens with two attached hydrogens (primary N) is 1. The first-order valence-electron chi connectivity index (χ1n) is 6.79. The molecule has 3 rings (SSSR count). The Kier molecular flexibility index (Phi) is 3.57. The molecule has 1 amide bonds. The van der Waals surface area contributed by atoms with Gasteiger partial charge >= 0.3 is 0 Å². The van der Waals surface area contributed by atoms with Gasteiger partial charge in [0.05, 0.1) is 4.90 Å². The molecule has 0 bridgehead atoms. The SMILES string of the molecule is Cc1ccc(S(=O)(=O)Nc2c(C(N)=O)oc3ccccc23)cc1. The number of carbonyl (C=O) groups is 1. The van der Waals surface area contributed by atoms with Crippen molar-refractivity contribution in [1.29, 1.82) is 0 Å². The van der Waals surface area contributed by atoms with E-state index in [1.165, 1.54) is 12.1 Å². The van der Waals surface area contributed by atoms with Crippen LogP contribution in [0.1, 0.15) is 16.1 Å². The number of para-hydroxylation sites is 1. The number of fused-ring (bicyclic) bond motifs is 1. The van der Waals surface area contributed by atoms with Crippen molar-refractivity contribution in [1.82, 2.24) is 0 Å². The molecule has 118 valence electrons. The van der Waals surface area contributed by atoms with Crippen molar-refractivity contribution in [2.45, 2.75) is 11.8 Å². The molecule has 0 atom stereocenters. The minimum Gasteiger partial charge on any atom is -0.449 e. The van der Waals surface area contributed by atoms with Gasteiger partial charge in [0.1, 0.15) is 11.3 Å². The van der Waals surface area contributed by atoms with Gasteiger partial charge in [0, 0.05) is 5.39 Å². The Labute approximate surface area is 133 Å². The van der Waals surface area contributed by atoms with Crippen LogP contribution in [0.25, 0.3) is 11.0 Å². The van der Waals surface area contributed by atoms with Gasteiger partial charge in [-0.05, 0) is 31.2 Å². The Balaban J connectivity index is 2.12. The van der Waals surface area contributed by atoms with E-state index >= 15 is 0 Å². The van der Waals surface area contributed by atoms with Crippen molar-refractivity contribution in [2.24, 2.45) is 5.73 Å². The number of anilines is 1. The number of carbonyl (C=O) groups excluding carboxylic acids is 1. The summed E-state index contributed by atoms with van der Waals surface area (Å²) in [4.78, 5) is 11.6. The van der Waals surface area contributed by atoms with Crippen LogP contribution in [-0.4, -0.2) is 14.3 Å². The van der Waals surface area contributed by atoms with Crippen LogP contribution < -0.4 is 10.5 Å². The Hall–Kier alpha value is -2.80. The molecule has 0 aliphatic heterocycles. The summed E-state index contributed by atoms with van der Waals surface area (Å²) in [7, 11) is -3.87. The van der Waals surface area contributed by atoms with Gasteiger partial charge in [0.15, 0.2) is 0 Å². The van der Waals surface area contributed by atoms with E-state index in [9.17, 15) is 13.2 Å². The smallest absolute Gasteiger partial charge is 0.286 e. The van der Waals surface area contributed by atoms with Crippen LogP contribution in [0.2, 0.25) is 0 Å². The van der Waals surface area contributed by atoms with Crippen molar-refractivity contribution >= 4 is 32.6 Å². The van der Waals surface area contributed by atoms with Crippen LogP contribution in [0, 0.1) is 6.92 Å². The summed E-state index contributed by atoms with van der Waals surface area (Å²) >= 11 is 0. The Bertz CT molecular complexity index is 989. The van der Waals surface area contributed by atoms with E-state index < -0.39 is 15.9 Å². The molecule has 0 aliphatic rings. The third-order valence-corrected chi connectivity index (χ3v) is 4.75. The molecule has 0 spiro atoms. The number of aryl methyl sites for hydroxylation is 1. The monoisotopic (exact) mass is 330 g/mol. The zero-order chi connectivity index (χ0) is 16.6. The van der Waals surface area contributed by atoms with Crippen molar-refractivity contribution in [3.05, 3.63) is 59.9 Å². The summed E-state index contributed by atoms with van der Waals surface area (Å²) in [5, 5.41) is 0.469. The Morgan fingerprint density at radius 2 is 1.74 bits per heavy atom. The summed E-state index contributed by atoms with van der Waals surface area (Å²) in [6.45, 7) is 1.86. The lowest BCUT2D eigenvalue weighted by molar-refractivity contribution is 0.0977. The summed E-state index contributed by atoms with van der Waals surface area (Å²) in [5.41, 5.74) is 6.66. The second kappa shape index (κ2) is 5.44. The highest BCUT2D eigenvalue weighted by Crippen LogP contribution is 2.32. The van der Waals surface area contributed by atoms with Crippen molar-refractivity contribution in [3.63, 3.8) is 0 Å². The fraction of sp³-hybridized carbons (Fsp3) is 0.0625. The maximum Gasteiger partial charge on any atom is 0.286 e. The van der Waals surface area contributed by atoms with Crippen LogP contribution in [0.15, 0.2) is 57.8 Å². The fourth-order valence-electron chi connectivity index (χ4n) is 2.23. The van der Waals surface area contributed by atoms with Gasteiger partial charge in [-0.2, -0.15) is 0 Å². The van der Waals surface area contributed by atoms with E-state index in [-0.39, 0.29) is 16.3 Å². The molecule has 0 fully saturated rings. The van der Waals surface area contributed by atoms with Crippen LogP contribution in [0.4, 0.5) is 5.69 Å². The van der Waals surface area contributed by atoms with Gasteiger partial charge in [-0.3, -0.25) is 9.52 Å². The zero-order valence-electron chi connectivity index (χ0n) is 12.2. The van der Waals surface area contributed by atoms with Gasteiger partial charge in [-0.1, -0.05) is 29.8 Å². The van der Waals surface area contributed by atoms with Gasteiger partial charge in [0.25, 0.3) is 15.9 Å². The molecule has 2 aromatic carbocycles. The van der Waals surface area contributed by atoms with E-state index in [2.05, 4.69) is 4.72 Å². The number of primary amides is 1. The molecule has 6 nitrogen and oxygen atoms in total. The van der Waals surface area contributed by atoms with Crippen molar-refractivity contribution in [3.8, 4) is 0 Å². The molecule has 3 aromatic rings. The van der Waals surface area contributed by atoms with Crippen molar-refractivity contribution in [2.75, 3.05) is 4.72 Å². The topological polar surface area (TPSA) is 102 Å². The summed E-state index contributed by atoms with van der Waals surface area (Å²) in [6, 6.07) is 13.1. The predicted octanol–water partition coefficient (Wildman–Crippen LogP) is 2.64. The highest BCUT2D eigenvalue weighted by Gasteiger charge is 2.23. The maximum absolute atomic E-state index is 12.5. The molecule has 0 unspecified atom stereocenters. The minimum absolute atomic E-state index is 0.0497. The second-order valence-corrected chi connectivity index (χ2v) is 6.77. The molecule has 3 N–H and O–H groups in total. The first-order valence-corrected chi connectivity index (χ1v) is 8.27. The molecular weight excluding hydrogens is 316 g/mol. The standard InChI is InChI=1S/C16H14N2O4S/c1-10-6-8-11(9-7-10)23(20,21)18-14-12-4-2-3-5-13(12)22-15(14)16(17)19/h2-9,18H,1H3,(H2,17,19). The second-order valence-electron chi connectivity index (χ2n) is 5.09. The third kappa shape index (κ3) is 2.78. The minimum atomic E-state index is -3.87. The summed E-state index contributed by atoms with van der Waals surface area (Å²) < 4.78 is 32.8. The normalized spacial score (nSPS) is 11.5. The lowest BCUT2D eigenvalue weighted by Gasteiger charge is -2.08. The number of furan rings is 1. The molecule has 1 aromatic heterocycles. The average molecular weight is 330 g/mol. The van der Waals surface area contributed by atoms with Gasteiger partial charge in [-0.25, -0.2) is 8.42 Å². The summed E-state index contributed by atoms with van der Waals surface area (Å²) in [5.74, 6) is -1.07. The lowest BCUT2D eigenvalue weighted by Crippen LogP contribution is -2.17. The van der Waals surface area contributed by atoms with Crippen LogP contribution >= 0.6 is 0 Å². The van der Waals surface area contributed by atoms with E-state index in [4.69, 9.17) is 10.2 Å². The number of rotatable bonds is 4. The number of nitrogens with one attached hydrogen (secondary N) is 1. The summed E-state index contributed by atoms with van der Waals surface area (Å²) in [6.07, 6.45) is 0. The largest absolute Gasteiger partial charge is 0.449 e. The molecule has 23 heavy (non-hydrogen) atoms. The molecule has 0 saturated heterocycles. The number of hydrogen-bond acceptors (Lipinski definition) is 4. The number of sulfonamides is 1. The average Bonchev–Trinajstić information content (AvgIpc) is 2.86. The molecule has 7 heteroatoms. The van der Waals surface area contributed by atoms with Gasteiger partial charge in [-0.15, -0.1) is 0 Å².